The molecule has 0 aliphatic rings. The van der Waals surface area contributed by atoms with E-state index in [-0.39, 0.29) is 22.8 Å². The number of aryl methyl sites for hydroxylation is 3. The molecule has 0 radical (unpaired) electrons. The zero-order valence-electron chi connectivity index (χ0n) is 73.1. The first-order valence-electron chi connectivity index (χ1n) is 44.6. The third kappa shape index (κ3) is 14.6. The highest BCUT2D eigenvalue weighted by Gasteiger charge is 2.40. The van der Waals surface area contributed by atoms with Crippen molar-refractivity contribution in [3.8, 4) is 136 Å². The van der Waals surface area contributed by atoms with E-state index < -0.39 is 23.5 Å². The maximum atomic E-state index is 16.5. The first-order chi connectivity index (χ1) is 66.0. The molecule has 6 aromatic heterocycles. The fraction of sp³-hybridized carbons (Fsp3) is 0.0420. The first-order valence-corrected chi connectivity index (χ1v) is 44.6. The van der Waals surface area contributed by atoms with E-state index in [0.29, 0.717) is 68.3 Å². The molecule has 0 spiro atoms. The number of halogens is 6. The van der Waals surface area contributed by atoms with Crippen LogP contribution >= 0.6 is 0 Å². The van der Waals surface area contributed by atoms with Crippen molar-refractivity contribution < 1.29 is 26.3 Å². The van der Waals surface area contributed by atoms with Crippen LogP contribution in [0.25, 0.3) is 223 Å². The van der Waals surface area contributed by atoms with E-state index in [2.05, 4.69) is 126 Å². The lowest BCUT2D eigenvalue weighted by Crippen LogP contribution is -2.12. The molecule has 24 rings (SSSR count). The average molecular weight is 1760 g/mol. The highest BCUT2D eigenvalue weighted by Crippen LogP contribution is 2.53. The molecule has 16 heteroatoms. The molecular formula is C119H78F6N10. The summed E-state index contributed by atoms with van der Waals surface area (Å²) in [7, 11) is 0. The number of aromatic nitrogens is 10. The van der Waals surface area contributed by atoms with E-state index in [1.54, 1.807) is 6.07 Å². The van der Waals surface area contributed by atoms with Gasteiger partial charge in [-0.25, -0.2) is 29.9 Å². The Balaban J connectivity index is 0.000000155. The Bertz CT molecular complexity index is 8610. The van der Waals surface area contributed by atoms with Crippen LogP contribution in [0, 0.1) is 20.8 Å². The van der Waals surface area contributed by atoms with Crippen LogP contribution in [0.2, 0.25) is 0 Å². The molecule has 646 valence electrons. The average Bonchev–Trinajstić information content (AvgIpc) is 1.60. The van der Waals surface area contributed by atoms with Crippen LogP contribution in [0.4, 0.5) is 26.3 Å². The summed E-state index contributed by atoms with van der Waals surface area (Å²) >= 11 is 0. The molecule has 24 aromatic rings. The van der Waals surface area contributed by atoms with Crippen LogP contribution in [-0.4, -0.2) is 48.2 Å². The maximum absolute atomic E-state index is 16.5. The monoisotopic (exact) mass is 1760 g/mol. The second kappa shape index (κ2) is 33.3. The van der Waals surface area contributed by atoms with Gasteiger partial charge in [-0.05, 0) is 146 Å². The summed E-state index contributed by atoms with van der Waals surface area (Å²) in [5.41, 5.74) is 18.7. The predicted octanol–water partition coefficient (Wildman–Crippen LogP) is 31.8. The quantitative estimate of drug-likeness (QED) is 0.101. The number of para-hydroxylation sites is 5. The summed E-state index contributed by atoms with van der Waals surface area (Å²) in [5, 5.41) is 7.61. The van der Waals surface area contributed by atoms with E-state index in [9.17, 15) is 0 Å². The largest absolute Gasteiger partial charge is 0.417 e. The van der Waals surface area contributed by atoms with E-state index in [1.807, 2.05) is 301 Å². The SMILES string of the molecule is Cc1ccc(-c2ccc3c(c2)c2ccccc2n3-c2cccc(-c3nc(-c4ccccc4)nc(-c4ccccc4)n3)c2-c2c(-n3c4ccccc4c4cc(-c5ccc(C)cc5)ccc43)cccc2C(F)(F)F)cc1.Cc1ccc2c(c1)c1ccccc1n2-c1cccc(-c2nc(-c3ccccc3)nc(-c3ccccc3)n2)c1-c1c(-n2c3ccccc3c3ccccc32)cccc1C(F)(F)F. The van der Waals surface area contributed by atoms with Crippen molar-refractivity contribution in [3.63, 3.8) is 0 Å². The lowest BCUT2D eigenvalue weighted by atomic mass is 9.90. The Labute approximate surface area is 772 Å². The summed E-state index contributed by atoms with van der Waals surface area (Å²) in [6.07, 6.45) is -9.56. The zero-order chi connectivity index (χ0) is 91.3. The molecule has 6 heterocycles. The van der Waals surface area contributed by atoms with Crippen molar-refractivity contribution >= 4 is 87.2 Å². The van der Waals surface area contributed by atoms with Gasteiger partial charge < -0.3 is 18.3 Å². The standard InChI is InChI=1S/C66H44F3N5.C53H34F3N5/c1-41-27-31-43(32-28-41)47-35-37-57-52(39-47)49-19-9-11-23-55(49)73(57)59-25-13-21-51(65-71-63(45-15-5-3-6-16-45)70-64(72-65)46-17-7-4-8-18-46)61(59)62-54(66(67,68)69)22-14-26-60(62)74-56-24-12-10-20-50(56)53-40-48(36-38-58(53)74)44-33-29-42(2)30-34-44;1-33-30-31-45-40(32-33)38-22-10-13-27-44(38)61(45)46-28-14-23-39(52-58-50(34-16-4-2-5-17-34)57-51(59-52)35-18-6-3-7-19-35)48(46)49-41(53(54,55)56)24-15-29-47(49)60-42-25-11-8-20-36(42)37-21-9-12-26-43(37)60/h3-40H,1-2H3;2-32H,1H3. The maximum Gasteiger partial charge on any atom is 0.417 e. The van der Waals surface area contributed by atoms with Crippen LogP contribution in [0.5, 0.6) is 0 Å². The van der Waals surface area contributed by atoms with Crippen LogP contribution < -0.4 is 0 Å². The summed E-state index contributed by atoms with van der Waals surface area (Å²) in [5.74, 6) is 2.06. The van der Waals surface area contributed by atoms with Crippen molar-refractivity contribution in [1.82, 2.24) is 48.2 Å². The third-order valence-corrected chi connectivity index (χ3v) is 25.6. The molecule has 18 aromatic carbocycles. The Morgan fingerprint density at radius 2 is 0.415 bits per heavy atom. The molecule has 0 amide bonds. The molecule has 0 bridgehead atoms. The molecule has 0 N–H and O–H groups in total. The van der Waals surface area contributed by atoms with Gasteiger partial charge in [-0.3, -0.25) is 0 Å². The summed E-state index contributed by atoms with van der Waals surface area (Å²) in [4.78, 5) is 30.5. The molecule has 0 saturated heterocycles. The van der Waals surface area contributed by atoms with Crippen molar-refractivity contribution in [2.24, 2.45) is 0 Å². The van der Waals surface area contributed by atoms with E-state index in [4.69, 9.17) is 29.9 Å². The molecule has 0 aliphatic carbocycles. The van der Waals surface area contributed by atoms with Crippen LogP contribution in [0.3, 0.4) is 0 Å². The Hall–Kier alpha value is -17.2. The van der Waals surface area contributed by atoms with Gasteiger partial charge in [0.15, 0.2) is 34.9 Å². The predicted molar refractivity (Wildman–Crippen MR) is 536 cm³/mol. The molecular weight excluding hydrogens is 1680 g/mol. The molecule has 0 fully saturated rings. The van der Waals surface area contributed by atoms with Gasteiger partial charge in [0.1, 0.15) is 0 Å². The number of benzene rings is 18. The number of nitrogens with zero attached hydrogens (tertiary/aromatic N) is 10. The van der Waals surface area contributed by atoms with Crippen LogP contribution in [-0.2, 0) is 12.4 Å². The molecule has 0 atom stereocenters. The molecule has 135 heavy (non-hydrogen) atoms. The van der Waals surface area contributed by atoms with E-state index in [0.717, 1.165) is 148 Å². The van der Waals surface area contributed by atoms with Crippen LogP contribution in [0.1, 0.15) is 27.8 Å². The minimum Gasteiger partial charge on any atom is -0.309 e. The highest BCUT2D eigenvalue weighted by molar-refractivity contribution is 6.16. The number of rotatable bonds is 14. The molecule has 0 unspecified atom stereocenters. The van der Waals surface area contributed by atoms with Crippen molar-refractivity contribution in [2.75, 3.05) is 0 Å². The fourth-order valence-electron chi connectivity index (χ4n) is 19.5. The molecule has 0 aliphatic heterocycles. The Kier molecular flexibility index (Phi) is 20.3. The number of hydrogen-bond donors (Lipinski definition) is 0. The smallest absolute Gasteiger partial charge is 0.309 e. The topological polar surface area (TPSA) is 97.1 Å². The zero-order valence-corrected chi connectivity index (χ0v) is 73.1. The fourth-order valence-corrected chi connectivity index (χ4v) is 19.5. The van der Waals surface area contributed by atoms with E-state index >= 15 is 26.3 Å². The summed E-state index contributed by atoms with van der Waals surface area (Å²) < 4.78 is 106. The Morgan fingerprint density at radius 1 is 0.178 bits per heavy atom. The van der Waals surface area contributed by atoms with Gasteiger partial charge in [-0.2, -0.15) is 26.3 Å². The van der Waals surface area contributed by atoms with E-state index in [1.165, 1.54) is 24.3 Å². The number of fused-ring (bicyclic) bond motifs is 12. The molecule has 0 saturated carbocycles. The van der Waals surface area contributed by atoms with Gasteiger partial charge >= 0.3 is 12.4 Å². The summed E-state index contributed by atoms with van der Waals surface area (Å²) in [6, 6.07) is 134. The van der Waals surface area contributed by atoms with Crippen LogP contribution in [0.15, 0.2) is 419 Å². The lowest BCUT2D eigenvalue weighted by molar-refractivity contribution is -0.137. The van der Waals surface area contributed by atoms with Crippen molar-refractivity contribution in [3.05, 3.63) is 446 Å². The Morgan fingerprint density at radius 3 is 0.726 bits per heavy atom. The minimum atomic E-state index is -4.81. The second-order valence-electron chi connectivity index (χ2n) is 34.0. The normalized spacial score (nSPS) is 11.9. The first kappa shape index (κ1) is 82.2. The third-order valence-electron chi connectivity index (χ3n) is 25.6. The van der Waals surface area contributed by atoms with Gasteiger partial charge in [-0.1, -0.05) is 332 Å². The number of hydrogen-bond acceptors (Lipinski definition) is 6. The number of alkyl halides is 6. The second-order valence-corrected chi connectivity index (χ2v) is 34.0. The minimum absolute atomic E-state index is 0.00748. The van der Waals surface area contributed by atoms with Gasteiger partial charge in [0.2, 0.25) is 0 Å². The van der Waals surface area contributed by atoms with Crippen molar-refractivity contribution in [2.45, 2.75) is 33.1 Å². The van der Waals surface area contributed by atoms with Crippen molar-refractivity contribution in [1.29, 1.82) is 0 Å². The highest BCUT2D eigenvalue weighted by atomic mass is 19.4. The van der Waals surface area contributed by atoms with Gasteiger partial charge in [-0.15, -0.1) is 0 Å². The van der Waals surface area contributed by atoms with Gasteiger partial charge in [0.25, 0.3) is 0 Å². The lowest BCUT2D eigenvalue weighted by Gasteiger charge is -2.24. The van der Waals surface area contributed by atoms with Gasteiger partial charge in [0, 0.05) is 98.7 Å². The van der Waals surface area contributed by atoms with Gasteiger partial charge in [0.05, 0.1) is 78.0 Å². The molecule has 10 nitrogen and oxygen atoms in total. The summed E-state index contributed by atoms with van der Waals surface area (Å²) in [6.45, 7) is 6.18.